The maximum atomic E-state index is 13.4. The number of hydrogen-bond acceptors (Lipinski definition) is 7. The molecule has 5 N–H and O–H groups in total. The number of terminal acetylenes is 1. The number of amides is 1. The van der Waals surface area contributed by atoms with Gasteiger partial charge in [-0.05, 0) is 24.6 Å². The van der Waals surface area contributed by atoms with Crippen molar-refractivity contribution in [3.63, 3.8) is 0 Å². The Balaban J connectivity index is 2.11. The largest absolute Gasteiger partial charge is 0.479 e. The highest BCUT2D eigenvalue weighted by atomic mass is 19.1. The van der Waals surface area contributed by atoms with Crippen LogP contribution in [0.4, 0.5) is 10.1 Å². The van der Waals surface area contributed by atoms with Gasteiger partial charge in [-0.1, -0.05) is 0 Å². The van der Waals surface area contributed by atoms with Gasteiger partial charge in [0.1, 0.15) is 30.7 Å². The molecule has 1 saturated heterocycles. The Hall–Kier alpha value is -2.71. The molecule has 1 fully saturated rings. The van der Waals surface area contributed by atoms with Crippen molar-refractivity contribution < 1.29 is 43.9 Å². The van der Waals surface area contributed by atoms with Crippen LogP contribution in [0.3, 0.4) is 0 Å². The molecule has 1 aromatic carbocycles. The van der Waals surface area contributed by atoms with E-state index in [9.17, 15) is 29.3 Å². The average molecular weight is 411 g/mol. The minimum absolute atomic E-state index is 0.00490. The van der Waals surface area contributed by atoms with Gasteiger partial charge in [-0.15, -0.1) is 12.3 Å². The highest BCUT2D eigenvalue weighted by molar-refractivity contribution is 5.90. The Morgan fingerprint density at radius 1 is 1.24 bits per heavy atom. The molecular weight excluding hydrogens is 389 g/mol. The molecule has 5 atom stereocenters. The minimum Gasteiger partial charge on any atom is -0.479 e. The first-order valence-corrected chi connectivity index (χ1v) is 8.79. The van der Waals surface area contributed by atoms with Crippen LogP contribution < -0.4 is 10.1 Å². The van der Waals surface area contributed by atoms with Crippen molar-refractivity contribution in [2.45, 2.75) is 56.6 Å². The second-order valence-corrected chi connectivity index (χ2v) is 6.41. The number of carbonyl (C=O) groups is 2. The summed E-state index contributed by atoms with van der Waals surface area (Å²) in [5.74, 6) is 0.470. The lowest BCUT2D eigenvalue weighted by atomic mass is 9.99. The van der Waals surface area contributed by atoms with E-state index in [-0.39, 0.29) is 23.6 Å². The van der Waals surface area contributed by atoms with Gasteiger partial charge in [-0.3, -0.25) is 4.79 Å². The molecule has 10 heteroatoms. The van der Waals surface area contributed by atoms with E-state index in [4.69, 9.17) is 21.0 Å². The van der Waals surface area contributed by atoms with Crippen LogP contribution >= 0.6 is 0 Å². The van der Waals surface area contributed by atoms with Gasteiger partial charge in [0.25, 0.3) is 0 Å². The van der Waals surface area contributed by atoms with Crippen LogP contribution in [0.25, 0.3) is 0 Å². The number of halogens is 1. The average Bonchev–Trinajstić information content (AvgIpc) is 2.69. The van der Waals surface area contributed by atoms with Crippen molar-refractivity contribution in [2.75, 3.05) is 5.32 Å². The molecule has 1 aliphatic heterocycles. The number of carbonyl (C=O) groups excluding carboxylic acids is 1. The first kappa shape index (κ1) is 22.6. The molecule has 1 aromatic rings. The van der Waals surface area contributed by atoms with E-state index < -0.39 is 43.3 Å². The molecule has 0 aromatic heterocycles. The molecular formula is C19H22FNO8. The van der Waals surface area contributed by atoms with E-state index >= 15 is 0 Å². The number of carboxylic acids is 1. The fourth-order valence-electron chi connectivity index (χ4n) is 2.73. The van der Waals surface area contributed by atoms with Crippen molar-refractivity contribution in [3.8, 4) is 18.1 Å². The second-order valence-electron chi connectivity index (χ2n) is 6.41. The summed E-state index contributed by atoms with van der Waals surface area (Å²) in [7, 11) is 0. The summed E-state index contributed by atoms with van der Waals surface area (Å²) >= 11 is 0. The predicted octanol–water partition coefficient (Wildman–Crippen LogP) is 0.169. The van der Waals surface area contributed by atoms with Gasteiger partial charge < -0.3 is 35.2 Å². The molecule has 2 rings (SSSR count). The molecule has 5 unspecified atom stereocenters. The third-order valence-corrected chi connectivity index (χ3v) is 4.27. The van der Waals surface area contributed by atoms with E-state index in [0.29, 0.717) is 18.5 Å². The van der Waals surface area contributed by atoms with Gasteiger partial charge in [0, 0.05) is 24.1 Å². The molecule has 1 heterocycles. The molecule has 1 aliphatic rings. The molecule has 0 aliphatic carbocycles. The number of aliphatic hydroxyl groups is 3. The summed E-state index contributed by atoms with van der Waals surface area (Å²) in [6.45, 7) is -0.994. The molecule has 0 spiro atoms. The summed E-state index contributed by atoms with van der Waals surface area (Å²) in [5.41, 5.74) is 0.300. The van der Waals surface area contributed by atoms with Crippen LogP contribution in [-0.4, -0.2) is 63.0 Å². The van der Waals surface area contributed by atoms with Crippen molar-refractivity contribution in [3.05, 3.63) is 23.8 Å². The summed E-state index contributed by atoms with van der Waals surface area (Å²) in [4.78, 5) is 23.0. The quantitative estimate of drug-likeness (QED) is 0.301. The van der Waals surface area contributed by atoms with Gasteiger partial charge in [0.05, 0.1) is 0 Å². The zero-order chi connectivity index (χ0) is 21.6. The summed E-state index contributed by atoms with van der Waals surface area (Å²) in [6.07, 6.45) is -2.70. The van der Waals surface area contributed by atoms with E-state index in [2.05, 4.69) is 11.2 Å². The summed E-state index contributed by atoms with van der Waals surface area (Å²) in [6, 6.07) is 4.03. The van der Waals surface area contributed by atoms with Crippen LogP contribution in [0.2, 0.25) is 0 Å². The number of aliphatic hydroxyl groups excluding tert-OH is 3. The number of alkyl halides is 1. The second kappa shape index (κ2) is 10.2. The summed E-state index contributed by atoms with van der Waals surface area (Å²) < 4.78 is 23.8. The predicted molar refractivity (Wildman–Crippen MR) is 97.5 cm³/mol. The Bertz CT molecular complexity index is 780. The van der Waals surface area contributed by atoms with Crippen LogP contribution in [0.15, 0.2) is 18.2 Å². The number of unbranched alkanes of at least 4 members (excludes halogenated alkanes) is 1. The molecule has 9 nitrogen and oxygen atoms in total. The Morgan fingerprint density at radius 3 is 2.59 bits per heavy atom. The lowest BCUT2D eigenvalue weighted by molar-refractivity contribution is -0.271. The highest BCUT2D eigenvalue weighted by Gasteiger charge is 2.48. The molecule has 0 saturated carbocycles. The smallest absolute Gasteiger partial charge is 0.335 e. The number of rotatable bonds is 8. The topological polar surface area (TPSA) is 146 Å². The molecule has 1 amide bonds. The van der Waals surface area contributed by atoms with Crippen molar-refractivity contribution in [1.82, 2.24) is 0 Å². The number of nitrogens with one attached hydrogen (secondary N) is 1. The maximum Gasteiger partial charge on any atom is 0.335 e. The van der Waals surface area contributed by atoms with Crippen LogP contribution in [-0.2, 0) is 21.0 Å². The van der Waals surface area contributed by atoms with Gasteiger partial charge in [-0.25, -0.2) is 9.18 Å². The van der Waals surface area contributed by atoms with E-state index in [1.807, 2.05) is 0 Å². The van der Waals surface area contributed by atoms with Gasteiger partial charge in [0.2, 0.25) is 12.2 Å². The van der Waals surface area contributed by atoms with Crippen molar-refractivity contribution in [2.24, 2.45) is 0 Å². The summed E-state index contributed by atoms with van der Waals surface area (Å²) in [5, 5.41) is 41.1. The third kappa shape index (κ3) is 5.65. The van der Waals surface area contributed by atoms with Gasteiger partial charge >= 0.3 is 5.97 Å². The molecule has 0 bridgehead atoms. The number of benzene rings is 1. The highest BCUT2D eigenvalue weighted by Crippen LogP contribution is 2.29. The number of ether oxygens (including phenoxy) is 2. The first-order chi connectivity index (χ1) is 13.8. The van der Waals surface area contributed by atoms with E-state index in [1.165, 1.54) is 18.2 Å². The van der Waals surface area contributed by atoms with Crippen LogP contribution in [0, 0.1) is 12.3 Å². The Kier molecular flexibility index (Phi) is 7.92. The Morgan fingerprint density at radius 2 is 1.97 bits per heavy atom. The monoisotopic (exact) mass is 411 g/mol. The molecule has 0 radical (unpaired) electrons. The first-order valence-electron chi connectivity index (χ1n) is 8.79. The number of carboxylic acid groups (broad SMARTS) is 1. The van der Waals surface area contributed by atoms with Crippen molar-refractivity contribution >= 4 is 17.6 Å². The molecule has 158 valence electrons. The van der Waals surface area contributed by atoms with Gasteiger partial charge in [-0.2, -0.15) is 0 Å². The minimum atomic E-state index is -1.87. The normalized spacial score (nSPS) is 26.4. The maximum absolute atomic E-state index is 13.4. The van der Waals surface area contributed by atoms with E-state index in [0.717, 1.165) is 0 Å². The fraction of sp³-hybridized carbons (Fsp3) is 0.474. The lowest BCUT2D eigenvalue weighted by Crippen LogP contribution is -2.61. The number of aliphatic carboxylic acids is 1. The van der Waals surface area contributed by atoms with Gasteiger partial charge in [0.15, 0.2) is 6.10 Å². The number of hydrogen-bond donors (Lipinski definition) is 5. The molecule has 29 heavy (non-hydrogen) atoms. The lowest BCUT2D eigenvalue weighted by Gasteiger charge is -2.38. The standard InChI is InChI=1S/C19H22FNO8/c1-2-3-4-5-13(22)21-11-6-7-12(10(8-11)9-20)28-19-16(25)14(23)15(24)17(29-19)18(26)27/h1,6-8,14-17,19,23-25H,3-5,9H2,(H,21,22)(H,26,27). The van der Waals surface area contributed by atoms with Crippen molar-refractivity contribution in [1.29, 1.82) is 0 Å². The van der Waals surface area contributed by atoms with Crippen LogP contribution in [0.1, 0.15) is 24.8 Å². The zero-order valence-electron chi connectivity index (χ0n) is 15.3. The third-order valence-electron chi connectivity index (χ3n) is 4.27. The number of anilines is 1. The SMILES string of the molecule is C#CCCCC(=O)Nc1ccc(OC2OC(C(=O)O)C(O)C(O)C2O)c(CF)c1. The Labute approximate surface area is 166 Å². The van der Waals surface area contributed by atoms with E-state index in [1.54, 1.807) is 0 Å². The zero-order valence-corrected chi connectivity index (χ0v) is 15.3. The fourth-order valence-corrected chi connectivity index (χ4v) is 2.73. The van der Waals surface area contributed by atoms with Crippen LogP contribution in [0.5, 0.6) is 5.75 Å².